The van der Waals surface area contributed by atoms with Gasteiger partial charge < -0.3 is 11.5 Å². The van der Waals surface area contributed by atoms with Crippen molar-refractivity contribution in [2.24, 2.45) is 11.5 Å². The molecule has 2 aromatic carbocycles. The second kappa shape index (κ2) is 4.80. The third-order valence-corrected chi connectivity index (χ3v) is 4.41. The average molecular weight is 288 g/mol. The summed E-state index contributed by atoms with van der Waals surface area (Å²) in [5, 5.41) is 2.21. The van der Waals surface area contributed by atoms with Crippen molar-refractivity contribution in [2.75, 3.05) is 0 Å². The Morgan fingerprint density at radius 1 is 1.05 bits per heavy atom. The second-order valence-corrected chi connectivity index (χ2v) is 5.65. The van der Waals surface area contributed by atoms with Gasteiger partial charge in [-0.1, -0.05) is 62.2 Å². The van der Waals surface area contributed by atoms with Crippen LogP contribution in [0.5, 0.6) is 0 Å². The SMILES string of the molecule is C=Cc1c(/C=C\C)c2c(c3ccccc13)C(=C)C(=C)C2(N)N. The predicted octanol–water partition coefficient (Wildman–Crippen LogP) is 4.17. The number of hydrogen-bond donors (Lipinski definition) is 2. The van der Waals surface area contributed by atoms with Gasteiger partial charge in [-0.05, 0) is 45.5 Å². The molecule has 0 unspecified atom stereocenters. The van der Waals surface area contributed by atoms with E-state index >= 15 is 0 Å². The van der Waals surface area contributed by atoms with Crippen LogP contribution in [-0.2, 0) is 5.66 Å². The summed E-state index contributed by atoms with van der Waals surface area (Å²) in [6.07, 6.45) is 5.87. The fraction of sp³-hybridized carbons (Fsp3) is 0.100. The topological polar surface area (TPSA) is 52.0 Å². The molecule has 1 aliphatic carbocycles. The zero-order chi connectivity index (χ0) is 16.1. The number of hydrogen-bond acceptors (Lipinski definition) is 2. The molecule has 2 nitrogen and oxygen atoms in total. The van der Waals surface area contributed by atoms with Gasteiger partial charge in [-0.15, -0.1) is 0 Å². The molecule has 0 bridgehead atoms. The van der Waals surface area contributed by atoms with Crippen molar-refractivity contribution >= 4 is 28.5 Å². The number of nitrogens with two attached hydrogens (primary N) is 2. The summed E-state index contributed by atoms with van der Waals surface area (Å²) in [5.74, 6) is 0. The Hall–Kier alpha value is -2.42. The highest BCUT2D eigenvalue weighted by molar-refractivity contribution is 6.08. The first-order chi connectivity index (χ1) is 10.4. The van der Waals surface area contributed by atoms with Crippen LogP contribution in [0.25, 0.3) is 28.5 Å². The number of benzene rings is 2. The highest BCUT2D eigenvalue weighted by Crippen LogP contribution is 2.49. The van der Waals surface area contributed by atoms with Gasteiger partial charge in [-0.3, -0.25) is 0 Å². The largest absolute Gasteiger partial charge is 0.306 e. The monoisotopic (exact) mass is 288 g/mol. The predicted molar refractivity (Wildman–Crippen MR) is 97.0 cm³/mol. The molecule has 0 amide bonds. The molecule has 22 heavy (non-hydrogen) atoms. The fourth-order valence-corrected chi connectivity index (χ4v) is 3.34. The third-order valence-electron chi connectivity index (χ3n) is 4.41. The molecule has 0 aliphatic heterocycles. The van der Waals surface area contributed by atoms with Gasteiger partial charge in [0.15, 0.2) is 0 Å². The summed E-state index contributed by atoms with van der Waals surface area (Å²) < 4.78 is 0. The van der Waals surface area contributed by atoms with Gasteiger partial charge in [0.2, 0.25) is 0 Å². The molecule has 0 heterocycles. The van der Waals surface area contributed by atoms with Crippen LogP contribution in [0.3, 0.4) is 0 Å². The molecule has 0 saturated carbocycles. The Labute approximate surface area is 131 Å². The van der Waals surface area contributed by atoms with Gasteiger partial charge in [-0.2, -0.15) is 0 Å². The Kier molecular flexibility index (Phi) is 3.17. The van der Waals surface area contributed by atoms with E-state index in [-0.39, 0.29) is 0 Å². The standard InChI is InChI=1S/C20H20N2/c1-5-9-17-14(6-2)15-10-7-8-11-16(15)18-12(3)13(4)20(21,22)19(17)18/h5-11H,2-4,21-22H2,1H3/b9-5-. The van der Waals surface area contributed by atoms with E-state index in [2.05, 4.69) is 31.9 Å². The van der Waals surface area contributed by atoms with E-state index in [1.54, 1.807) is 0 Å². The van der Waals surface area contributed by atoms with Crippen molar-refractivity contribution in [3.05, 3.63) is 77.9 Å². The van der Waals surface area contributed by atoms with Gasteiger partial charge >= 0.3 is 0 Å². The van der Waals surface area contributed by atoms with Crippen LogP contribution in [-0.4, -0.2) is 0 Å². The molecule has 0 aromatic heterocycles. The number of allylic oxidation sites excluding steroid dienone is 1. The second-order valence-electron chi connectivity index (χ2n) is 5.65. The summed E-state index contributed by atoms with van der Waals surface area (Å²) in [5.41, 5.74) is 17.1. The normalized spacial score (nSPS) is 16.5. The molecule has 2 heteroatoms. The Morgan fingerprint density at radius 2 is 1.68 bits per heavy atom. The van der Waals surface area contributed by atoms with Gasteiger partial charge in [0.25, 0.3) is 0 Å². The van der Waals surface area contributed by atoms with E-state index in [9.17, 15) is 0 Å². The zero-order valence-electron chi connectivity index (χ0n) is 12.8. The molecule has 0 fully saturated rings. The fourth-order valence-electron chi connectivity index (χ4n) is 3.34. The van der Waals surface area contributed by atoms with Crippen LogP contribution in [0.1, 0.15) is 29.2 Å². The van der Waals surface area contributed by atoms with Crippen molar-refractivity contribution in [1.29, 1.82) is 0 Å². The molecule has 0 saturated heterocycles. The molecule has 1 aliphatic rings. The van der Waals surface area contributed by atoms with Crippen molar-refractivity contribution in [1.82, 2.24) is 0 Å². The lowest BCUT2D eigenvalue weighted by molar-refractivity contribution is 0.585. The Morgan fingerprint density at radius 3 is 2.27 bits per heavy atom. The molecule has 0 radical (unpaired) electrons. The molecule has 0 spiro atoms. The number of fused-ring (bicyclic) bond motifs is 3. The lowest BCUT2D eigenvalue weighted by Gasteiger charge is -2.24. The maximum absolute atomic E-state index is 6.42. The average Bonchev–Trinajstić information content (AvgIpc) is 2.69. The Balaban J connectivity index is 2.64. The van der Waals surface area contributed by atoms with Crippen molar-refractivity contribution in [3.63, 3.8) is 0 Å². The van der Waals surface area contributed by atoms with Crippen LogP contribution in [0.4, 0.5) is 0 Å². The first kappa shape index (κ1) is 14.5. The van der Waals surface area contributed by atoms with Gasteiger partial charge in [0.1, 0.15) is 5.66 Å². The van der Waals surface area contributed by atoms with E-state index in [1.165, 1.54) is 0 Å². The minimum absolute atomic E-state index is 0.666. The summed E-state index contributed by atoms with van der Waals surface area (Å²) >= 11 is 0. The van der Waals surface area contributed by atoms with E-state index in [4.69, 9.17) is 11.5 Å². The van der Waals surface area contributed by atoms with Crippen LogP contribution < -0.4 is 11.5 Å². The molecule has 0 atom stereocenters. The van der Waals surface area contributed by atoms with E-state index in [0.29, 0.717) is 5.57 Å². The summed E-state index contributed by atoms with van der Waals surface area (Å²) in [4.78, 5) is 0. The molecular formula is C20H20N2. The van der Waals surface area contributed by atoms with E-state index < -0.39 is 5.66 Å². The molecular weight excluding hydrogens is 268 g/mol. The zero-order valence-corrected chi connectivity index (χ0v) is 12.8. The smallest absolute Gasteiger partial charge is 0.118 e. The first-order valence-electron chi connectivity index (χ1n) is 7.26. The third kappa shape index (κ3) is 1.68. The highest BCUT2D eigenvalue weighted by Gasteiger charge is 2.41. The minimum Gasteiger partial charge on any atom is -0.306 e. The van der Waals surface area contributed by atoms with Crippen LogP contribution >= 0.6 is 0 Å². The quantitative estimate of drug-likeness (QED) is 0.815. The summed E-state index contributed by atoms with van der Waals surface area (Å²) in [6.45, 7) is 14.2. The lowest BCUT2D eigenvalue weighted by atomic mass is 9.87. The van der Waals surface area contributed by atoms with Crippen LogP contribution in [0.15, 0.2) is 55.7 Å². The van der Waals surface area contributed by atoms with Gasteiger partial charge in [0, 0.05) is 5.56 Å². The van der Waals surface area contributed by atoms with Crippen molar-refractivity contribution < 1.29 is 0 Å². The summed E-state index contributed by atoms with van der Waals surface area (Å²) in [6, 6.07) is 8.18. The van der Waals surface area contributed by atoms with Crippen molar-refractivity contribution in [3.8, 4) is 0 Å². The lowest BCUT2D eigenvalue weighted by Crippen LogP contribution is -2.45. The maximum Gasteiger partial charge on any atom is 0.118 e. The Bertz CT molecular complexity index is 867. The van der Waals surface area contributed by atoms with Crippen molar-refractivity contribution in [2.45, 2.75) is 12.6 Å². The van der Waals surface area contributed by atoms with E-state index in [0.717, 1.165) is 38.6 Å². The van der Waals surface area contributed by atoms with Crippen LogP contribution in [0, 0.1) is 0 Å². The van der Waals surface area contributed by atoms with Crippen LogP contribution in [0.2, 0.25) is 0 Å². The molecule has 2 aromatic rings. The highest BCUT2D eigenvalue weighted by atomic mass is 15.0. The number of rotatable bonds is 2. The summed E-state index contributed by atoms with van der Waals surface area (Å²) in [7, 11) is 0. The molecule has 4 N–H and O–H groups in total. The maximum atomic E-state index is 6.42. The van der Waals surface area contributed by atoms with Gasteiger partial charge in [0.05, 0.1) is 0 Å². The van der Waals surface area contributed by atoms with E-state index in [1.807, 2.05) is 37.3 Å². The first-order valence-corrected chi connectivity index (χ1v) is 7.26. The molecule has 110 valence electrons. The molecule has 3 rings (SSSR count). The minimum atomic E-state index is -1.11. The van der Waals surface area contributed by atoms with Gasteiger partial charge in [-0.25, -0.2) is 0 Å².